The third kappa shape index (κ3) is 4.37. The molecular weight excluding hydrogens is 465 g/mol. The molecule has 1 aromatic heterocycles. The van der Waals surface area contributed by atoms with E-state index in [4.69, 9.17) is 11.6 Å². The second kappa shape index (κ2) is 8.20. The predicted octanol–water partition coefficient (Wildman–Crippen LogP) is 4.79. The Morgan fingerprint density at radius 2 is 1.82 bits per heavy atom. The number of halogens is 4. The first-order valence-electron chi connectivity index (χ1n) is 9.37. The van der Waals surface area contributed by atoms with E-state index in [-0.39, 0.29) is 22.9 Å². The number of hydrogen-bond donors (Lipinski definition) is 2. The molecule has 0 radical (unpaired) electrons. The molecule has 1 amide bonds. The van der Waals surface area contributed by atoms with Crippen molar-refractivity contribution in [2.45, 2.75) is 19.1 Å². The molecule has 170 valence electrons. The number of anilines is 2. The predicted molar refractivity (Wildman–Crippen MR) is 113 cm³/mol. The number of nitro groups is 1. The topological polar surface area (TPSA) is 115 Å². The van der Waals surface area contributed by atoms with E-state index in [1.54, 1.807) is 24.3 Å². The summed E-state index contributed by atoms with van der Waals surface area (Å²) in [6, 6.07) is 10.2. The molecule has 2 aromatic carbocycles. The van der Waals surface area contributed by atoms with Gasteiger partial charge >= 0.3 is 6.18 Å². The molecule has 1 aliphatic rings. The van der Waals surface area contributed by atoms with E-state index >= 15 is 0 Å². The standard InChI is InChI=1S/C20H14ClF3N6O3/c1-10-15(17(31)26-13-6-4-12(21)5-7-13)16(11-2-8-14(9-3-11)30(32)33)29-19(25-10)27-18(28-29)20(22,23)24/h2-9,16H,1H3,(H,26,31)(H,25,27,28)/t16-/m1/s1. The summed E-state index contributed by atoms with van der Waals surface area (Å²) in [5, 5.41) is 20.4. The Labute approximate surface area is 189 Å². The Bertz CT molecular complexity index is 1270. The monoisotopic (exact) mass is 478 g/mol. The average Bonchev–Trinajstić information content (AvgIpc) is 3.18. The van der Waals surface area contributed by atoms with Crippen molar-refractivity contribution in [3.63, 3.8) is 0 Å². The molecule has 0 saturated carbocycles. The number of allylic oxidation sites excluding steroid dienone is 1. The molecule has 0 unspecified atom stereocenters. The van der Waals surface area contributed by atoms with Gasteiger partial charge in [-0.25, -0.2) is 4.68 Å². The number of nitro benzene ring substituents is 1. The maximum atomic E-state index is 13.3. The van der Waals surface area contributed by atoms with E-state index in [9.17, 15) is 28.1 Å². The number of nitrogens with zero attached hydrogens (tertiary/aromatic N) is 4. The molecule has 9 nitrogen and oxygen atoms in total. The third-order valence-electron chi connectivity index (χ3n) is 4.87. The Morgan fingerprint density at radius 1 is 1.18 bits per heavy atom. The van der Waals surface area contributed by atoms with Crippen LogP contribution < -0.4 is 10.6 Å². The number of alkyl halides is 3. The molecule has 0 fully saturated rings. The minimum Gasteiger partial charge on any atom is -0.328 e. The van der Waals surface area contributed by atoms with Crippen molar-refractivity contribution in [3.05, 3.63) is 86.3 Å². The van der Waals surface area contributed by atoms with Crippen LogP contribution in [0.1, 0.15) is 24.4 Å². The van der Waals surface area contributed by atoms with Gasteiger partial charge in [0.2, 0.25) is 5.95 Å². The summed E-state index contributed by atoms with van der Waals surface area (Å²) in [5.74, 6) is -2.21. The van der Waals surface area contributed by atoms with Crippen molar-refractivity contribution in [3.8, 4) is 0 Å². The highest BCUT2D eigenvalue weighted by atomic mass is 35.5. The van der Waals surface area contributed by atoms with Gasteiger partial charge in [-0.1, -0.05) is 11.6 Å². The minimum absolute atomic E-state index is 0.0601. The van der Waals surface area contributed by atoms with Crippen molar-refractivity contribution in [2.75, 3.05) is 10.6 Å². The summed E-state index contributed by atoms with van der Waals surface area (Å²) in [6.07, 6.45) is -4.81. The maximum Gasteiger partial charge on any atom is 0.453 e. The number of benzene rings is 2. The van der Waals surface area contributed by atoms with Crippen molar-refractivity contribution in [1.29, 1.82) is 0 Å². The highest BCUT2D eigenvalue weighted by Crippen LogP contribution is 2.38. The zero-order chi connectivity index (χ0) is 23.9. The van der Waals surface area contributed by atoms with Crippen LogP contribution in [-0.2, 0) is 11.0 Å². The fourth-order valence-electron chi connectivity index (χ4n) is 3.38. The van der Waals surface area contributed by atoms with Crippen LogP contribution in [0.4, 0.5) is 30.5 Å². The molecule has 13 heteroatoms. The molecule has 3 aromatic rings. The second-order valence-corrected chi connectivity index (χ2v) is 7.51. The van der Waals surface area contributed by atoms with Crippen molar-refractivity contribution >= 4 is 34.8 Å². The number of fused-ring (bicyclic) bond motifs is 1. The van der Waals surface area contributed by atoms with Gasteiger partial charge < -0.3 is 10.6 Å². The molecule has 2 N–H and O–H groups in total. The number of carbonyl (C=O) groups is 1. The second-order valence-electron chi connectivity index (χ2n) is 7.08. The molecule has 0 spiro atoms. The Balaban J connectivity index is 1.80. The Morgan fingerprint density at radius 3 is 2.39 bits per heavy atom. The Kier molecular flexibility index (Phi) is 5.54. The van der Waals surface area contributed by atoms with E-state index < -0.39 is 28.9 Å². The lowest BCUT2D eigenvalue weighted by atomic mass is 9.95. The third-order valence-corrected chi connectivity index (χ3v) is 5.12. The smallest absolute Gasteiger partial charge is 0.328 e. The number of aromatic nitrogens is 3. The van der Waals surface area contributed by atoms with Crippen LogP contribution in [-0.4, -0.2) is 25.6 Å². The lowest BCUT2D eigenvalue weighted by Crippen LogP contribution is -2.31. The van der Waals surface area contributed by atoms with Crippen LogP contribution in [0.3, 0.4) is 0 Å². The largest absolute Gasteiger partial charge is 0.453 e. The van der Waals surface area contributed by atoms with E-state index in [1.165, 1.54) is 31.2 Å². The normalized spacial score (nSPS) is 15.6. The van der Waals surface area contributed by atoms with Crippen molar-refractivity contribution in [1.82, 2.24) is 14.8 Å². The first-order valence-corrected chi connectivity index (χ1v) is 9.75. The van der Waals surface area contributed by atoms with Gasteiger partial charge in [0, 0.05) is 28.5 Å². The molecule has 2 heterocycles. The molecule has 0 aliphatic carbocycles. The molecular formula is C20H14ClF3N6O3. The van der Waals surface area contributed by atoms with Gasteiger partial charge in [0.25, 0.3) is 17.4 Å². The molecule has 4 rings (SSSR count). The maximum absolute atomic E-state index is 13.3. The summed E-state index contributed by atoms with van der Waals surface area (Å²) < 4.78 is 40.8. The lowest BCUT2D eigenvalue weighted by Gasteiger charge is -2.28. The summed E-state index contributed by atoms with van der Waals surface area (Å²) in [4.78, 5) is 27.1. The van der Waals surface area contributed by atoms with E-state index in [0.717, 1.165) is 4.68 Å². The average molecular weight is 479 g/mol. The van der Waals surface area contributed by atoms with Crippen LogP contribution in [0.25, 0.3) is 0 Å². The zero-order valence-electron chi connectivity index (χ0n) is 16.7. The van der Waals surface area contributed by atoms with Crippen molar-refractivity contribution in [2.24, 2.45) is 0 Å². The van der Waals surface area contributed by atoms with Crippen LogP contribution in [0.2, 0.25) is 5.02 Å². The highest BCUT2D eigenvalue weighted by molar-refractivity contribution is 6.30. The highest BCUT2D eigenvalue weighted by Gasteiger charge is 2.41. The molecule has 0 bridgehead atoms. The van der Waals surface area contributed by atoms with E-state index in [1.807, 2.05) is 0 Å². The first kappa shape index (κ1) is 22.3. The number of carbonyl (C=O) groups excluding carboxylic acids is 1. The number of nitrogens with one attached hydrogen (secondary N) is 2. The summed E-state index contributed by atoms with van der Waals surface area (Å²) in [5.41, 5.74) is 0.814. The zero-order valence-corrected chi connectivity index (χ0v) is 17.5. The summed E-state index contributed by atoms with van der Waals surface area (Å²) >= 11 is 5.86. The summed E-state index contributed by atoms with van der Waals surface area (Å²) in [7, 11) is 0. The quantitative estimate of drug-likeness (QED) is 0.411. The number of hydrogen-bond acceptors (Lipinski definition) is 6. The van der Waals surface area contributed by atoms with Gasteiger partial charge in [-0.15, -0.1) is 5.10 Å². The molecule has 33 heavy (non-hydrogen) atoms. The SMILES string of the molecule is CC1=C(C(=O)Nc2ccc(Cl)cc2)[C@@H](c2ccc([N+](=O)[O-])cc2)n2nc(C(F)(F)F)nc2N1. The fourth-order valence-corrected chi connectivity index (χ4v) is 3.51. The first-order chi connectivity index (χ1) is 15.5. The van der Waals surface area contributed by atoms with Crippen LogP contribution >= 0.6 is 11.6 Å². The van der Waals surface area contributed by atoms with E-state index in [0.29, 0.717) is 16.3 Å². The molecule has 1 aliphatic heterocycles. The molecule has 0 saturated heterocycles. The van der Waals surface area contributed by atoms with Gasteiger partial charge in [0.05, 0.1) is 10.5 Å². The van der Waals surface area contributed by atoms with E-state index in [2.05, 4.69) is 20.7 Å². The van der Waals surface area contributed by atoms with Gasteiger partial charge in [-0.05, 0) is 48.9 Å². The lowest BCUT2D eigenvalue weighted by molar-refractivity contribution is -0.384. The van der Waals surface area contributed by atoms with Crippen LogP contribution in [0, 0.1) is 10.1 Å². The minimum atomic E-state index is -4.81. The number of rotatable bonds is 4. The van der Waals surface area contributed by atoms with Gasteiger partial charge in [-0.3, -0.25) is 14.9 Å². The Hall–Kier alpha value is -3.93. The fraction of sp³-hybridized carbons (Fsp3) is 0.150. The number of amides is 1. The number of non-ortho nitro benzene ring substituents is 1. The van der Waals surface area contributed by atoms with Gasteiger partial charge in [-0.2, -0.15) is 18.2 Å². The molecule has 1 atom stereocenters. The van der Waals surface area contributed by atoms with Gasteiger partial charge in [0.1, 0.15) is 6.04 Å². The summed E-state index contributed by atoms with van der Waals surface area (Å²) in [6.45, 7) is 1.51. The van der Waals surface area contributed by atoms with Crippen molar-refractivity contribution < 1.29 is 22.9 Å². The van der Waals surface area contributed by atoms with Crippen LogP contribution in [0.5, 0.6) is 0 Å². The van der Waals surface area contributed by atoms with Gasteiger partial charge in [0.15, 0.2) is 0 Å². The van der Waals surface area contributed by atoms with Crippen LogP contribution in [0.15, 0.2) is 59.8 Å².